The van der Waals surface area contributed by atoms with Gasteiger partial charge in [0.25, 0.3) is 0 Å². The Labute approximate surface area is 110 Å². The third-order valence-electron chi connectivity index (χ3n) is 2.88. The van der Waals surface area contributed by atoms with Gasteiger partial charge in [0.05, 0.1) is 5.69 Å². The molecule has 0 saturated carbocycles. The molecule has 0 saturated heterocycles. The van der Waals surface area contributed by atoms with Gasteiger partial charge in [0.2, 0.25) is 0 Å². The molecule has 1 atom stereocenters. The molecule has 0 aliphatic heterocycles. The fraction of sp³-hybridized carbons (Fsp3) is 0.714. The molecule has 1 aromatic heterocycles. The van der Waals surface area contributed by atoms with Gasteiger partial charge in [-0.3, -0.25) is 0 Å². The molecule has 0 amide bonds. The fourth-order valence-electron chi connectivity index (χ4n) is 1.69. The molecule has 0 aliphatic carbocycles. The lowest BCUT2D eigenvalue weighted by Gasteiger charge is -2.16. The first-order valence-electron chi connectivity index (χ1n) is 6.57. The van der Waals surface area contributed by atoms with Gasteiger partial charge in [-0.25, -0.2) is 9.97 Å². The summed E-state index contributed by atoms with van der Waals surface area (Å²) in [4.78, 5) is 9.04. The van der Waals surface area contributed by atoms with Crippen LogP contribution in [0.2, 0.25) is 0 Å². The summed E-state index contributed by atoms with van der Waals surface area (Å²) >= 11 is 0. The average molecular weight is 251 g/mol. The van der Waals surface area contributed by atoms with Crippen molar-refractivity contribution in [1.29, 1.82) is 0 Å². The second-order valence-corrected chi connectivity index (χ2v) is 5.21. The second kappa shape index (κ2) is 6.81. The Morgan fingerprint density at radius 3 is 2.39 bits per heavy atom. The zero-order valence-corrected chi connectivity index (χ0v) is 12.3. The van der Waals surface area contributed by atoms with Gasteiger partial charge in [0, 0.05) is 31.5 Å². The minimum atomic E-state index is -0.0605. The molecule has 0 aliphatic rings. The van der Waals surface area contributed by atoms with E-state index in [1.165, 1.54) is 5.56 Å². The zero-order valence-electron chi connectivity index (χ0n) is 12.3. The normalized spacial score (nSPS) is 13.3. The Balaban J connectivity index is 2.97. The summed E-state index contributed by atoms with van der Waals surface area (Å²) in [7, 11) is 1.68. The third kappa shape index (κ3) is 4.03. The maximum absolute atomic E-state index is 5.27. The molecule has 0 radical (unpaired) electrons. The Morgan fingerprint density at radius 2 is 1.89 bits per heavy atom. The monoisotopic (exact) mass is 251 g/mol. The van der Waals surface area contributed by atoms with E-state index in [1.807, 2.05) is 13.1 Å². The van der Waals surface area contributed by atoms with E-state index in [-0.39, 0.29) is 6.10 Å². The highest BCUT2D eigenvalue weighted by atomic mass is 16.5. The van der Waals surface area contributed by atoms with Crippen molar-refractivity contribution in [1.82, 2.24) is 15.3 Å². The highest BCUT2D eigenvalue weighted by Gasteiger charge is 2.14. The van der Waals surface area contributed by atoms with Crippen LogP contribution in [0.1, 0.15) is 63.7 Å². The van der Waals surface area contributed by atoms with E-state index in [9.17, 15) is 0 Å². The molecular weight excluding hydrogens is 226 g/mol. The lowest BCUT2D eigenvalue weighted by molar-refractivity contribution is 0.111. The largest absolute Gasteiger partial charge is 0.374 e. The van der Waals surface area contributed by atoms with Gasteiger partial charge in [0.1, 0.15) is 6.10 Å². The van der Waals surface area contributed by atoms with E-state index >= 15 is 0 Å². The van der Waals surface area contributed by atoms with E-state index in [0.717, 1.165) is 18.1 Å². The molecule has 0 bridgehead atoms. The van der Waals surface area contributed by atoms with Crippen molar-refractivity contribution < 1.29 is 4.74 Å². The quantitative estimate of drug-likeness (QED) is 0.844. The number of hydrogen-bond acceptors (Lipinski definition) is 4. The first-order chi connectivity index (χ1) is 8.45. The minimum absolute atomic E-state index is 0.0605. The van der Waals surface area contributed by atoms with Crippen molar-refractivity contribution in [2.75, 3.05) is 7.11 Å². The van der Waals surface area contributed by atoms with Crippen molar-refractivity contribution in [3.63, 3.8) is 0 Å². The first kappa shape index (κ1) is 15.1. The summed E-state index contributed by atoms with van der Waals surface area (Å²) < 4.78 is 5.27. The lowest BCUT2D eigenvalue weighted by Crippen LogP contribution is -2.23. The van der Waals surface area contributed by atoms with Crippen LogP contribution in [0.3, 0.4) is 0 Å². The van der Waals surface area contributed by atoms with Gasteiger partial charge < -0.3 is 10.1 Å². The number of hydrogen-bond donors (Lipinski definition) is 1. The predicted octanol–water partition coefficient (Wildman–Crippen LogP) is 2.81. The maximum Gasteiger partial charge on any atom is 0.157 e. The van der Waals surface area contributed by atoms with Crippen LogP contribution < -0.4 is 5.32 Å². The summed E-state index contributed by atoms with van der Waals surface area (Å²) in [6.45, 7) is 11.4. The topological polar surface area (TPSA) is 47.0 Å². The van der Waals surface area contributed by atoms with E-state index in [4.69, 9.17) is 4.74 Å². The Hall–Kier alpha value is -1.00. The minimum Gasteiger partial charge on any atom is -0.374 e. The van der Waals surface area contributed by atoms with Crippen LogP contribution in [0.4, 0.5) is 0 Å². The molecule has 4 nitrogen and oxygen atoms in total. The van der Waals surface area contributed by atoms with Crippen molar-refractivity contribution in [3.8, 4) is 0 Å². The summed E-state index contributed by atoms with van der Waals surface area (Å²) in [6.07, 6.45) is 1.86. The molecule has 102 valence electrons. The van der Waals surface area contributed by atoms with Crippen LogP contribution in [0.5, 0.6) is 0 Å². The second-order valence-electron chi connectivity index (χ2n) is 5.21. The van der Waals surface area contributed by atoms with Gasteiger partial charge in [-0.2, -0.15) is 0 Å². The van der Waals surface area contributed by atoms with Gasteiger partial charge in [0.15, 0.2) is 5.82 Å². The molecule has 18 heavy (non-hydrogen) atoms. The van der Waals surface area contributed by atoms with Crippen LogP contribution in [0.25, 0.3) is 0 Å². The van der Waals surface area contributed by atoms with Crippen LogP contribution in [0, 0.1) is 0 Å². The molecule has 1 heterocycles. The SMILES string of the molecule is COC(C)c1ncc(CNC(C)C)c(C(C)C)n1. The van der Waals surface area contributed by atoms with Gasteiger partial charge in [-0.05, 0) is 12.8 Å². The number of rotatable bonds is 6. The van der Waals surface area contributed by atoms with E-state index in [0.29, 0.717) is 12.0 Å². The first-order valence-corrected chi connectivity index (χ1v) is 6.57. The smallest absolute Gasteiger partial charge is 0.157 e. The van der Waals surface area contributed by atoms with Crippen molar-refractivity contribution in [2.45, 2.75) is 59.2 Å². The molecule has 1 unspecified atom stereocenters. The molecule has 1 aromatic rings. The van der Waals surface area contributed by atoms with Crippen molar-refractivity contribution in [3.05, 3.63) is 23.3 Å². The number of nitrogens with zero attached hydrogens (tertiary/aromatic N) is 2. The molecule has 0 aromatic carbocycles. The van der Waals surface area contributed by atoms with Gasteiger partial charge in [-0.15, -0.1) is 0 Å². The molecule has 1 N–H and O–H groups in total. The number of methoxy groups -OCH3 is 1. The number of ether oxygens (including phenoxy) is 1. The summed E-state index contributed by atoms with van der Waals surface area (Å²) in [6, 6.07) is 0.461. The van der Waals surface area contributed by atoms with Crippen LogP contribution in [0.15, 0.2) is 6.20 Å². The number of nitrogens with one attached hydrogen (secondary N) is 1. The van der Waals surface area contributed by atoms with Gasteiger partial charge >= 0.3 is 0 Å². The van der Waals surface area contributed by atoms with E-state index in [2.05, 4.69) is 43.0 Å². The molecule has 1 rings (SSSR count). The maximum atomic E-state index is 5.27. The Kier molecular flexibility index (Phi) is 5.69. The Morgan fingerprint density at radius 1 is 1.22 bits per heavy atom. The Bertz CT molecular complexity index is 377. The lowest BCUT2D eigenvalue weighted by atomic mass is 10.0. The fourth-order valence-corrected chi connectivity index (χ4v) is 1.69. The van der Waals surface area contributed by atoms with E-state index in [1.54, 1.807) is 7.11 Å². The summed E-state index contributed by atoms with van der Waals surface area (Å²) in [5.41, 5.74) is 2.28. The highest BCUT2D eigenvalue weighted by molar-refractivity contribution is 5.21. The molecule has 0 fully saturated rings. The molecule has 4 heteroatoms. The number of aromatic nitrogens is 2. The predicted molar refractivity (Wildman–Crippen MR) is 73.5 cm³/mol. The molecular formula is C14H25N3O. The average Bonchev–Trinajstić information content (AvgIpc) is 2.34. The van der Waals surface area contributed by atoms with Crippen LogP contribution in [-0.4, -0.2) is 23.1 Å². The van der Waals surface area contributed by atoms with Crippen molar-refractivity contribution >= 4 is 0 Å². The van der Waals surface area contributed by atoms with Crippen LogP contribution >= 0.6 is 0 Å². The third-order valence-corrected chi connectivity index (χ3v) is 2.88. The molecule has 0 spiro atoms. The summed E-state index contributed by atoms with van der Waals surface area (Å²) in [5, 5.41) is 3.41. The van der Waals surface area contributed by atoms with Crippen molar-refractivity contribution in [2.24, 2.45) is 0 Å². The van der Waals surface area contributed by atoms with Crippen LogP contribution in [-0.2, 0) is 11.3 Å². The summed E-state index contributed by atoms with van der Waals surface area (Å²) in [5.74, 6) is 1.15. The standard InChI is InChI=1S/C14H25N3O/c1-9(2)13-12(7-15-10(3)4)8-16-14(17-13)11(5)18-6/h8-11,15H,7H2,1-6H3. The van der Waals surface area contributed by atoms with E-state index < -0.39 is 0 Å². The van der Waals surface area contributed by atoms with Gasteiger partial charge in [-0.1, -0.05) is 27.7 Å². The highest BCUT2D eigenvalue weighted by Crippen LogP contribution is 2.19. The zero-order chi connectivity index (χ0) is 13.7.